The minimum atomic E-state index is -0.448. The molecule has 4 nitrogen and oxygen atoms in total. The third kappa shape index (κ3) is 6.31. The third-order valence-electron chi connectivity index (χ3n) is 1.76. The molecule has 0 saturated heterocycles. The molecule has 4 heteroatoms. The summed E-state index contributed by atoms with van der Waals surface area (Å²) in [7, 11) is 1.93. The van der Waals surface area contributed by atoms with Gasteiger partial charge in [-0.05, 0) is 6.42 Å². The maximum atomic E-state index is 10.6. The zero-order valence-corrected chi connectivity index (χ0v) is 8.47. The van der Waals surface area contributed by atoms with Crippen molar-refractivity contribution in [3.8, 4) is 0 Å². The monoisotopic (exact) mass is 185 g/mol. The number of carbonyl (C=O) groups excluding carboxylic acids is 1. The van der Waals surface area contributed by atoms with Crippen LogP contribution in [0, 0.1) is 0 Å². The lowest BCUT2D eigenvalue weighted by atomic mass is 10.3. The van der Waals surface area contributed by atoms with E-state index < -0.39 is 5.91 Å². The van der Waals surface area contributed by atoms with E-state index in [2.05, 4.69) is 18.9 Å². The van der Waals surface area contributed by atoms with Gasteiger partial charge in [-0.15, -0.1) is 0 Å². The van der Waals surface area contributed by atoms with Crippen molar-refractivity contribution in [1.82, 2.24) is 10.4 Å². The van der Waals surface area contributed by atoms with Crippen molar-refractivity contribution in [2.24, 2.45) is 5.73 Å². The Morgan fingerprint density at radius 3 is 2.69 bits per heavy atom. The summed E-state index contributed by atoms with van der Waals surface area (Å²) in [6.45, 7) is 7.06. The minimum absolute atomic E-state index is 0.406. The molecule has 0 aliphatic heterocycles. The van der Waals surface area contributed by atoms with E-state index in [1.807, 2.05) is 12.1 Å². The highest BCUT2D eigenvalue weighted by molar-refractivity contribution is 5.91. The molecule has 0 heterocycles. The maximum Gasteiger partial charge on any atom is 0.245 e. The summed E-state index contributed by atoms with van der Waals surface area (Å²) in [6, 6.07) is 0. The van der Waals surface area contributed by atoms with Crippen LogP contribution in [0.25, 0.3) is 0 Å². The first-order valence-corrected chi connectivity index (χ1v) is 4.50. The van der Waals surface area contributed by atoms with Gasteiger partial charge < -0.3 is 5.73 Å². The van der Waals surface area contributed by atoms with Crippen LogP contribution >= 0.6 is 0 Å². The van der Waals surface area contributed by atoms with Crippen LogP contribution in [0.2, 0.25) is 0 Å². The van der Waals surface area contributed by atoms with E-state index in [1.165, 1.54) is 0 Å². The number of nitrogens with one attached hydrogen (secondary N) is 1. The van der Waals surface area contributed by atoms with E-state index in [9.17, 15) is 4.79 Å². The fourth-order valence-corrected chi connectivity index (χ4v) is 0.792. The number of nitrogens with zero attached hydrogens (tertiary/aromatic N) is 1. The SMILES string of the molecule is C=C(CNN(C)CCCC)C(N)=O. The molecule has 0 saturated carbocycles. The molecular formula is C9H19N3O. The zero-order valence-electron chi connectivity index (χ0n) is 8.47. The predicted octanol–water partition coefficient (Wildman–Crippen LogP) is 0.264. The van der Waals surface area contributed by atoms with Crippen LogP contribution in [0.15, 0.2) is 12.2 Å². The molecule has 0 aliphatic rings. The molecule has 0 aliphatic carbocycles. The van der Waals surface area contributed by atoms with Crippen LogP contribution < -0.4 is 11.2 Å². The fourth-order valence-electron chi connectivity index (χ4n) is 0.792. The van der Waals surface area contributed by atoms with Crippen LogP contribution in [0.4, 0.5) is 0 Å². The summed E-state index contributed by atoms with van der Waals surface area (Å²) in [4.78, 5) is 10.6. The molecule has 0 aromatic carbocycles. The van der Waals surface area contributed by atoms with Gasteiger partial charge in [0.05, 0.1) is 0 Å². The fraction of sp³-hybridized carbons (Fsp3) is 0.667. The van der Waals surface area contributed by atoms with E-state index in [1.54, 1.807) is 0 Å². The first kappa shape index (κ1) is 12.1. The average molecular weight is 185 g/mol. The lowest BCUT2D eigenvalue weighted by Gasteiger charge is -2.17. The van der Waals surface area contributed by atoms with Gasteiger partial charge in [-0.25, -0.2) is 5.01 Å². The van der Waals surface area contributed by atoms with Gasteiger partial charge >= 0.3 is 0 Å². The predicted molar refractivity (Wildman–Crippen MR) is 53.9 cm³/mol. The first-order valence-electron chi connectivity index (χ1n) is 4.50. The van der Waals surface area contributed by atoms with Crippen LogP contribution in [-0.4, -0.2) is 31.1 Å². The Kier molecular flexibility index (Phi) is 6.18. The highest BCUT2D eigenvalue weighted by Crippen LogP contribution is 1.90. The summed E-state index contributed by atoms with van der Waals surface area (Å²) >= 11 is 0. The smallest absolute Gasteiger partial charge is 0.245 e. The van der Waals surface area contributed by atoms with E-state index in [-0.39, 0.29) is 0 Å². The Balaban J connectivity index is 3.51. The molecule has 0 aromatic rings. The molecule has 0 atom stereocenters. The van der Waals surface area contributed by atoms with E-state index >= 15 is 0 Å². The van der Waals surface area contributed by atoms with Gasteiger partial charge in [0.2, 0.25) is 5.91 Å². The highest BCUT2D eigenvalue weighted by Gasteiger charge is 2.02. The van der Waals surface area contributed by atoms with Crippen molar-refractivity contribution in [2.45, 2.75) is 19.8 Å². The van der Waals surface area contributed by atoms with Crippen molar-refractivity contribution in [3.05, 3.63) is 12.2 Å². The standard InChI is InChI=1S/C9H19N3O/c1-4-5-6-12(3)11-7-8(2)9(10)13/h11H,2,4-7H2,1,3H3,(H2,10,13). The summed E-state index contributed by atoms with van der Waals surface area (Å²) in [5, 5.41) is 1.94. The van der Waals surface area contributed by atoms with Gasteiger partial charge in [-0.2, -0.15) is 0 Å². The number of carbonyl (C=O) groups is 1. The summed E-state index contributed by atoms with van der Waals surface area (Å²) in [5.41, 5.74) is 8.46. The molecule has 0 radical (unpaired) electrons. The second-order valence-corrected chi connectivity index (χ2v) is 3.08. The highest BCUT2D eigenvalue weighted by atomic mass is 16.1. The zero-order chi connectivity index (χ0) is 10.3. The van der Waals surface area contributed by atoms with Crippen LogP contribution in [0.3, 0.4) is 0 Å². The Bertz CT molecular complexity index is 180. The topological polar surface area (TPSA) is 58.4 Å². The number of primary amides is 1. The van der Waals surface area contributed by atoms with Crippen molar-refractivity contribution in [1.29, 1.82) is 0 Å². The molecule has 0 bridgehead atoms. The first-order chi connectivity index (χ1) is 6.07. The number of hydrogen-bond donors (Lipinski definition) is 2. The Labute approximate surface area is 79.8 Å². The van der Waals surface area contributed by atoms with Crippen LogP contribution in [0.5, 0.6) is 0 Å². The number of hydrogen-bond acceptors (Lipinski definition) is 3. The van der Waals surface area contributed by atoms with Gasteiger partial charge in [-0.1, -0.05) is 19.9 Å². The lowest BCUT2D eigenvalue weighted by Crippen LogP contribution is -2.38. The van der Waals surface area contributed by atoms with Gasteiger partial charge in [0.1, 0.15) is 0 Å². The third-order valence-corrected chi connectivity index (χ3v) is 1.76. The second kappa shape index (κ2) is 6.62. The van der Waals surface area contributed by atoms with Gasteiger partial charge in [0.25, 0.3) is 0 Å². The number of nitrogens with two attached hydrogens (primary N) is 1. The molecule has 0 fully saturated rings. The summed E-state index contributed by atoms with van der Waals surface area (Å²) < 4.78 is 0. The molecule has 0 unspecified atom stereocenters. The molecule has 0 aromatic heterocycles. The average Bonchev–Trinajstić information content (AvgIpc) is 2.10. The molecular weight excluding hydrogens is 166 g/mol. The minimum Gasteiger partial charge on any atom is -0.366 e. The summed E-state index contributed by atoms with van der Waals surface area (Å²) in [5.74, 6) is -0.448. The Morgan fingerprint density at radius 2 is 2.23 bits per heavy atom. The normalized spacial score (nSPS) is 10.4. The number of rotatable bonds is 7. The van der Waals surface area contributed by atoms with Crippen LogP contribution in [-0.2, 0) is 4.79 Å². The molecule has 3 N–H and O–H groups in total. The van der Waals surface area contributed by atoms with Gasteiger partial charge in [0, 0.05) is 25.7 Å². The van der Waals surface area contributed by atoms with Crippen molar-refractivity contribution >= 4 is 5.91 Å². The largest absolute Gasteiger partial charge is 0.366 e. The Hall–Kier alpha value is -0.870. The lowest BCUT2D eigenvalue weighted by molar-refractivity contribution is -0.114. The van der Waals surface area contributed by atoms with E-state index in [0.29, 0.717) is 12.1 Å². The molecule has 0 spiro atoms. The van der Waals surface area contributed by atoms with E-state index in [4.69, 9.17) is 5.73 Å². The number of unbranched alkanes of at least 4 members (excludes halogenated alkanes) is 1. The number of amides is 1. The second-order valence-electron chi connectivity index (χ2n) is 3.08. The van der Waals surface area contributed by atoms with E-state index in [0.717, 1.165) is 19.4 Å². The maximum absolute atomic E-state index is 10.6. The molecule has 13 heavy (non-hydrogen) atoms. The summed E-state index contributed by atoms with van der Waals surface area (Å²) in [6.07, 6.45) is 2.29. The number of hydrazine groups is 1. The molecule has 76 valence electrons. The molecule has 1 amide bonds. The Morgan fingerprint density at radius 1 is 1.62 bits per heavy atom. The van der Waals surface area contributed by atoms with Gasteiger partial charge in [0.15, 0.2) is 0 Å². The van der Waals surface area contributed by atoms with Gasteiger partial charge in [-0.3, -0.25) is 10.2 Å². The molecule has 0 rings (SSSR count). The van der Waals surface area contributed by atoms with Crippen molar-refractivity contribution in [2.75, 3.05) is 20.1 Å². The quantitative estimate of drug-likeness (QED) is 0.442. The van der Waals surface area contributed by atoms with Crippen molar-refractivity contribution in [3.63, 3.8) is 0 Å². The van der Waals surface area contributed by atoms with Crippen LogP contribution in [0.1, 0.15) is 19.8 Å². The van der Waals surface area contributed by atoms with Crippen molar-refractivity contribution < 1.29 is 4.79 Å².